The number of hydrogen-bond acceptors (Lipinski definition) is 4. The molecule has 0 radical (unpaired) electrons. The first-order valence-electron chi connectivity index (χ1n) is 7.69. The minimum absolute atomic E-state index is 0.0194. The highest BCUT2D eigenvalue weighted by Crippen LogP contribution is 2.08. The summed E-state index contributed by atoms with van der Waals surface area (Å²) in [6.07, 6.45) is 1.26. The van der Waals surface area contributed by atoms with Crippen molar-refractivity contribution in [3.05, 3.63) is 0 Å². The minimum atomic E-state index is -0.0194. The summed E-state index contributed by atoms with van der Waals surface area (Å²) in [7, 11) is 0. The van der Waals surface area contributed by atoms with Crippen molar-refractivity contribution < 1.29 is 4.74 Å². The molecule has 0 spiro atoms. The summed E-state index contributed by atoms with van der Waals surface area (Å²) in [6, 6.07) is 0. The van der Waals surface area contributed by atoms with Crippen molar-refractivity contribution >= 4 is 0 Å². The maximum absolute atomic E-state index is 5.81. The van der Waals surface area contributed by atoms with Gasteiger partial charge in [0.15, 0.2) is 0 Å². The molecular formula is C15H33N3O. The van der Waals surface area contributed by atoms with Crippen molar-refractivity contribution in [1.29, 1.82) is 0 Å². The number of hydrogen-bond donors (Lipinski definition) is 1. The van der Waals surface area contributed by atoms with Gasteiger partial charge in [-0.2, -0.15) is 0 Å². The van der Waals surface area contributed by atoms with E-state index in [0.717, 1.165) is 32.8 Å². The van der Waals surface area contributed by atoms with E-state index < -0.39 is 0 Å². The van der Waals surface area contributed by atoms with Crippen molar-refractivity contribution in [2.24, 2.45) is 11.7 Å². The van der Waals surface area contributed by atoms with Gasteiger partial charge in [-0.1, -0.05) is 6.92 Å². The van der Waals surface area contributed by atoms with E-state index in [0.29, 0.717) is 5.92 Å². The third kappa shape index (κ3) is 7.88. The molecule has 0 aromatic heterocycles. The van der Waals surface area contributed by atoms with Crippen molar-refractivity contribution in [2.45, 2.75) is 39.7 Å². The molecule has 0 saturated carbocycles. The van der Waals surface area contributed by atoms with Gasteiger partial charge in [0.05, 0.1) is 12.2 Å². The molecule has 4 heteroatoms. The normalized spacial score (nSPS) is 21.3. The number of rotatable bonds is 6. The lowest BCUT2D eigenvalue weighted by Gasteiger charge is -2.25. The molecule has 4 nitrogen and oxygen atoms in total. The molecule has 0 aromatic rings. The quantitative estimate of drug-likeness (QED) is 0.793. The van der Waals surface area contributed by atoms with Crippen molar-refractivity contribution in [2.75, 3.05) is 52.4 Å². The molecule has 1 saturated heterocycles. The molecule has 1 unspecified atom stereocenters. The maximum Gasteiger partial charge on any atom is 0.0600 e. The fraction of sp³-hybridized carbons (Fsp3) is 1.00. The summed E-state index contributed by atoms with van der Waals surface area (Å²) in [4.78, 5) is 5.08. The van der Waals surface area contributed by atoms with Crippen LogP contribution in [-0.4, -0.2) is 67.8 Å². The van der Waals surface area contributed by atoms with Crippen LogP contribution >= 0.6 is 0 Å². The Bertz CT molecular complexity index is 240. The summed E-state index contributed by atoms with van der Waals surface area (Å²) < 4.78 is 5.81. The van der Waals surface area contributed by atoms with Crippen molar-refractivity contribution in [3.63, 3.8) is 0 Å². The standard InChI is InChI=1S/C15H33N3O/c1-14(12-16)13-18-7-5-6-17(8-9-18)10-11-19-15(2,3)4/h14H,5-13,16H2,1-4H3. The highest BCUT2D eigenvalue weighted by molar-refractivity contribution is 4.72. The summed E-state index contributed by atoms with van der Waals surface area (Å²) in [5.41, 5.74) is 5.69. The van der Waals surface area contributed by atoms with Gasteiger partial charge in [-0.05, 0) is 52.7 Å². The molecule has 2 N–H and O–H groups in total. The first-order chi connectivity index (χ1) is 8.90. The fourth-order valence-electron chi connectivity index (χ4n) is 2.43. The minimum Gasteiger partial charge on any atom is -0.375 e. The van der Waals surface area contributed by atoms with Gasteiger partial charge >= 0.3 is 0 Å². The average Bonchev–Trinajstić information content (AvgIpc) is 2.53. The van der Waals surface area contributed by atoms with E-state index in [9.17, 15) is 0 Å². The molecule has 0 aromatic carbocycles. The predicted molar refractivity (Wildman–Crippen MR) is 81.4 cm³/mol. The summed E-state index contributed by atoms with van der Waals surface area (Å²) in [5.74, 6) is 0.607. The average molecular weight is 271 g/mol. The third-order valence-electron chi connectivity index (χ3n) is 3.60. The Hall–Kier alpha value is -0.160. The SMILES string of the molecule is CC(CN)CN1CCCN(CCOC(C)(C)C)CC1. The molecule has 19 heavy (non-hydrogen) atoms. The second-order valence-electron chi connectivity index (χ2n) is 6.80. The second-order valence-corrected chi connectivity index (χ2v) is 6.80. The van der Waals surface area contributed by atoms with Gasteiger partial charge < -0.3 is 15.4 Å². The largest absolute Gasteiger partial charge is 0.375 e. The van der Waals surface area contributed by atoms with E-state index in [-0.39, 0.29) is 5.60 Å². The summed E-state index contributed by atoms with van der Waals surface area (Å²) in [6.45, 7) is 17.1. The summed E-state index contributed by atoms with van der Waals surface area (Å²) in [5, 5.41) is 0. The first-order valence-corrected chi connectivity index (χ1v) is 7.69. The van der Waals surface area contributed by atoms with Crippen LogP contribution in [0.2, 0.25) is 0 Å². The van der Waals surface area contributed by atoms with E-state index in [1.54, 1.807) is 0 Å². The van der Waals surface area contributed by atoms with Gasteiger partial charge in [0.1, 0.15) is 0 Å². The molecule has 1 aliphatic heterocycles. The molecule has 0 bridgehead atoms. The molecular weight excluding hydrogens is 238 g/mol. The number of nitrogens with zero attached hydrogens (tertiary/aromatic N) is 2. The van der Waals surface area contributed by atoms with E-state index in [4.69, 9.17) is 10.5 Å². The van der Waals surface area contributed by atoms with Crippen molar-refractivity contribution in [1.82, 2.24) is 9.80 Å². The lowest BCUT2D eigenvalue weighted by Crippen LogP contribution is -2.36. The van der Waals surface area contributed by atoms with Crippen LogP contribution in [-0.2, 0) is 4.74 Å². The van der Waals surface area contributed by atoms with Crippen LogP contribution in [0.1, 0.15) is 34.1 Å². The van der Waals surface area contributed by atoms with E-state index in [1.807, 2.05) is 0 Å². The second kappa shape index (κ2) is 8.20. The Morgan fingerprint density at radius 1 is 1.11 bits per heavy atom. The molecule has 1 atom stereocenters. The van der Waals surface area contributed by atoms with Crippen LogP contribution in [0.5, 0.6) is 0 Å². The first kappa shape index (κ1) is 16.9. The van der Waals surface area contributed by atoms with Gasteiger partial charge in [-0.15, -0.1) is 0 Å². The Morgan fingerprint density at radius 2 is 1.74 bits per heavy atom. The van der Waals surface area contributed by atoms with Gasteiger partial charge in [0.2, 0.25) is 0 Å². The third-order valence-corrected chi connectivity index (χ3v) is 3.60. The molecule has 0 amide bonds. The molecule has 114 valence electrons. The van der Waals surface area contributed by atoms with Crippen LogP contribution < -0.4 is 5.73 Å². The monoisotopic (exact) mass is 271 g/mol. The maximum atomic E-state index is 5.81. The summed E-state index contributed by atoms with van der Waals surface area (Å²) >= 11 is 0. The molecule has 1 aliphatic rings. The number of nitrogens with two attached hydrogens (primary N) is 1. The zero-order valence-corrected chi connectivity index (χ0v) is 13.3. The Kier molecular flexibility index (Phi) is 7.29. The fourth-order valence-corrected chi connectivity index (χ4v) is 2.43. The molecule has 1 rings (SSSR count). The lowest BCUT2D eigenvalue weighted by atomic mass is 10.1. The van der Waals surface area contributed by atoms with Crippen LogP contribution in [0.3, 0.4) is 0 Å². The van der Waals surface area contributed by atoms with E-state index in [2.05, 4.69) is 37.5 Å². The van der Waals surface area contributed by atoms with Gasteiger partial charge in [-0.3, -0.25) is 4.90 Å². The van der Waals surface area contributed by atoms with Crippen LogP contribution in [0.25, 0.3) is 0 Å². The lowest BCUT2D eigenvalue weighted by molar-refractivity contribution is -0.0127. The van der Waals surface area contributed by atoms with Gasteiger partial charge in [-0.25, -0.2) is 0 Å². The van der Waals surface area contributed by atoms with Gasteiger partial charge in [0.25, 0.3) is 0 Å². The number of ether oxygens (including phenoxy) is 1. The smallest absolute Gasteiger partial charge is 0.0600 e. The van der Waals surface area contributed by atoms with E-state index >= 15 is 0 Å². The van der Waals surface area contributed by atoms with Gasteiger partial charge in [0, 0.05) is 26.2 Å². The Balaban J connectivity index is 2.22. The van der Waals surface area contributed by atoms with Crippen LogP contribution in [0.4, 0.5) is 0 Å². The highest BCUT2D eigenvalue weighted by atomic mass is 16.5. The Morgan fingerprint density at radius 3 is 2.37 bits per heavy atom. The van der Waals surface area contributed by atoms with Crippen molar-refractivity contribution in [3.8, 4) is 0 Å². The van der Waals surface area contributed by atoms with E-state index in [1.165, 1.54) is 26.1 Å². The highest BCUT2D eigenvalue weighted by Gasteiger charge is 2.17. The Labute approximate surface area is 119 Å². The molecule has 1 heterocycles. The topological polar surface area (TPSA) is 41.7 Å². The zero-order chi connectivity index (χ0) is 14.3. The molecule has 0 aliphatic carbocycles. The predicted octanol–water partition coefficient (Wildman–Crippen LogP) is 1.40. The zero-order valence-electron chi connectivity index (χ0n) is 13.3. The van der Waals surface area contributed by atoms with Crippen LogP contribution in [0, 0.1) is 5.92 Å². The molecule has 1 fully saturated rings. The van der Waals surface area contributed by atoms with Crippen LogP contribution in [0.15, 0.2) is 0 Å².